The fraction of sp³-hybridized carbons (Fsp3) is 0.235. The number of halogens is 3. The molecule has 2 rings (SSSR count). The second-order valence-corrected chi connectivity index (χ2v) is 6.65. The lowest BCUT2D eigenvalue weighted by Gasteiger charge is -2.24. The van der Waals surface area contributed by atoms with Gasteiger partial charge in [0.15, 0.2) is 11.5 Å². The van der Waals surface area contributed by atoms with E-state index in [1.54, 1.807) is 0 Å². The summed E-state index contributed by atoms with van der Waals surface area (Å²) in [6, 6.07) is 12.6. The van der Waals surface area contributed by atoms with Crippen molar-refractivity contribution in [1.29, 1.82) is 0 Å². The molecule has 0 aliphatic rings. The molecule has 0 bridgehead atoms. The third-order valence-electron chi connectivity index (χ3n) is 3.50. The van der Waals surface area contributed by atoms with Crippen molar-refractivity contribution in [3.8, 4) is 5.75 Å². The number of carbonyl (C=O) groups excluding carboxylic acids is 1. The lowest BCUT2D eigenvalue weighted by Crippen LogP contribution is -2.33. The van der Waals surface area contributed by atoms with Crippen LogP contribution in [0, 0.1) is 0 Å². The largest absolute Gasteiger partial charge is 0.483 e. The number of hydrogen-bond acceptors (Lipinski definition) is 2. The maximum atomic E-state index is 12.5. The van der Waals surface area contributed by atoms with Crippen molar-refractivity contribution in [2.75, 3.05) is 6.61 Å². The Kier molecular flexibility index (Phi) is 5.38. The van der Waals surface area contributed by atoms with Gasteiger partial charge in [0.1, 0.15) is 6.61 Å². The Morgan fingerprint density at radius 3 is 2.14 bits per heavy atom. The zero-order valence-electron chi connectivity index (χ0n) is 12.2. The highest BCUT2D eigenvalue weighted by Gasteiger charge is 2.30. The van der Waals surface area contributed by atoms with Crippen LogP contribution in [0.4, 0.5) is 0 Å². The summed E-state index contributed by atoms with van der Waals surface area (Å²) in [5, 5.41) is 0.976. The van der Waals surface area contributed by atoms with E-state index in [1.807, 2.05) is 44.2 Å². The summed E-state index contributed by atoms with van der Waals surface area (Å²) in [5.41, 5.74) is 0.268. The minimum absolute atomic E-state index is 0.0687. The maximum absolute atomic E-state index is 12.5. The van der Waals surface area contributed by atoms with Crippen LogP contribution in [0.25, 0.3) is 0 Å². The molecule has 0 spiro atoms. The van der Waals surface area contributed by atoms with E-state index in [0.717, 1.165) is 5.56 Å². The number of rotatable bonds is 5. The standard InChI is InChI=1S/C17H15Cl3O2/c1-17(2,11-6-4-3-5-7-11)15(21)10-22-16-13(19)8-12(18)9-14(16)20/h3-9H,10H2,1-2H3. The van der Waals surface area contributed by atoms with Crippen LogP contribution < -0.4 is 4.74 Å². The van der Waals surface area contributed by atoms with Crippen LogP contribution >= 0.6 is 34.8 Å². The highest BCUT2D eigenvalue weighted by molar-refractivity contribution is 6.40. The number of ketones is 1. The second-order valence-electron chi connectivity index (χ2n) is 5.40. The van der Waals surface area contributed by atoms with E-state index in [2.05, 4.69) is 0 Å². The summed E-state index contributed by atoms with van der Waals surface area (Å²) >= 11 is 17.9. The van der Waals surface area contributed by atoms with E-state index in [9.17, 15) is 4.79 Å². The van der Waals surface area contributed by atoms with Gasteiger partial charge in [-0.05, 0) is 31.5 Å². The molecular weight excluding hydrogens is 343 g/mol. The predicted octanol–water partition coefficient (Wildman–Crippen LogP) is 5.57. The molecule has 0 saturated heterocycles. The average molecular weight is 358 g/mol. The van der Waals surface area contributed by atoms with Crippen molar-refractivity contribution in [3.63, 3.8) is 0 Å². The lowest BCUT2D eigenvalue weighted by atomic mass is 9.81. The molecule has 2 nitrogen and oxygen atoms in total. The topological polar surface area (TPSA) is 26.3 Å². The molecule has 0 unspecified atom stereocenters. The van der Waals surface area contributed by atoms with Crippen LogP contribution in [0.5, 0.6) is 5.75 Å². The minimum Gasteiger partial charge on any atom is -0.483 e. The molecule has 2 aromatic carbocycles. The van der Waals surface area contributed by atoms with E-state index in [1.165, 1.54) is 12.1 Å². The van der Waals surface area contributed by atoms with Gasteiger partial charge in [-0.1, -0.05) is 65.1 Å². The van der Waals surface area contributed by atoms with Crippen molar-refractivity contribution >= 4 is 40.6 Å². The van der Waals surface area contributed by atoms with Crippen molar-refractivity contribution < 1.29 is 9.53 Å². The summed E-state index contributed by atoms with van der Waals surface area (Å²) in [4.78, 5) is 12.5. The van der Waals surface area contributed by atoms with Crippen molar-refractivity contribution in [2.24, 2.45) is 0 Å². The van der Waals surface area contributed by atoms with E-state index < -0.39 is 5.41 Å². The summed E-state index contributed by atoms with van der Waals surface area (Å²) in [6.45, 7) is 3.60. The first-order valence-corrected chi connectivity index (χ1v) is 7.82. The van der Waals surface area contributed by atoms with Crippen LogP contribution in [0.1, 0.15) is 19.4 Å². The summed E-state index contributed by atoms with van der Waals surface area (Å²) < 4.78 is 5.52. The first kappa shape index (κ1) is 17.1. The lowest BCUT2D eigenvalue weighted by molar-refractivity contribution is -0.125. The van der Waals surface area contributed by atoms with Crippen LogP contribution in [0.3, 0.4) is 0 Å². The third kappa shape index (κ3) is 3.75. The first-order chi connectivity index (χ1) is 10.3. The Morgan fingerprint density at radius 1 is 1.05 bits per heavy atom. The van der Waals surface area contributed by atoms with Crippen molar-refractivity contribution in [3.05, 3.63) is 63.1 Å². The average Bonchev–Trinajstić information content (AvgIpc) is 2.46. The molecule has 0 amide bonds. The monoisotopic (exact) mass is 356 g/mol. The number of benzene rings is 2. The number of carbonyl (C=O) groups is 1. The smallest absolute Gasteiger partial charge is 0.180 e. The highest BCUT2D eigenvalue weighted by Crippen LogP contribution is 2.36. The molecule has 0 atom stereocenters. The predicted molar refractivity (Wildman–Crippen MR) is 91.4 cm³/mol. The van der Waals surface area contributed by atoms with Gasteiger partial charge in [-0.25, -0.2) is 0 Å². The fourth-order valence-electron chi connectivity index (χ4n) is 2.00. The zero-order chi connectivity index (χ0) is 16.3. The van der Waals surface area contributed by atoms with Gasteiger partial charge < -0.3 is 4.74 Å². The van der Waals surface area contributed by atoms with Gasteiger partial charge in [0, 0.05) is 5.02 Å². The normalized spacial score (nSPS) is 11.3. The Hall–Kier alpha value is -1.22. The maximum Gasteiger partial charge on any atom is 0.180 e. The quantitative estimate of drug-likeness (QED) is 0.699. The Balaban J connectivity index is 2.14. The molecule has 0 aliphatic heterocycles. The van der Waals surface area contributed by atoms with Gasteiger partial charge in [-0.2, -0.15) is 0 Å². The van der Waals surface area contributed by atoms with Gasteiger partial charge in [0.25, 0.3) is 0 Å². The van der Waals surface area contributed by atoms with Gasteiger partial charge in [0.05, 0.1) is 15.5 Å². The van der Waals surface area contributed by atoms with Gasteiger partial charge in [-0.3, -0.25) is 4.79 Å². The number of hydrogen-bond donors (Lipinski definition) is 0. The summed E-state index contributed by atoms with van der Waals surface area (Å²) in [6.07, 6.45) is 0. The van der Waals surface area contributed by atoms with Crippen LogP contribution in [-0.4, -0.2) is 12.4 Å². The molecule has 0 heterocycles. The van der Waals surface area contributed by atoms with Crippen molar-refractivity contribution in [2.45, 2.75) is 19.3 Å². The van der Waals surface area contributed by atoms with E-state index in [4.69, 9.17) is 39.5 Å². The molecular formula is C17H15Cl3O2. The second kappa shape index (κ2) is 6.91. The molecule has 22 heavy (non-hydrogen) atoms. The molecule has 0 radical (unpaired) electrons. The van der Waals surface area contributed by atoms with E-state index in [-0.39, 0.29) is 28.2 Å². The number of ether oxygens (including phenoxy) is 1. The molecule has 0 fully saturated rings. The number of Topliss-reactive ketones (excluding diaryl/α,β-unsaturated/α-hetero) is 1. The SMILES string of the molecule is CC(C)(C(=O)COc1c(Cl)cc(Cl)cc1Cl)c1ccccc1. The molecule has 0 aliphatic carbocycles. The Morgan fingerprint density at radius 2 is 1.59 bits per heavy atom. The van der Waals surface area contributed by atoms with Crippen LogP contribution in [0.2, 0.25) is 15.1 Å². The first-order valence-electron chi connectivity index (χ1n) is 6.68. The van der Waals surface area contributed by atoms with Gasteiger partial charge >= 0.3 is 0 Å². The molecule has 5 heteroatoms. The van der Waals surface area contributed by atoms with Crippen LogP contribution in [-0.2, 0) is 10.2 Å². The Labute approximate surface area is 144 Å². The molecule has 0 saturated carbocycles. The van der Waals surface area contributed by atoms with Crippen molar-refractivity contribution in [1.82, 2.24) is 0 Å². The molecule has 0 N–H and O–H groups in total. The summed E-state index contributed by atoms with van der Waals surface area (Å²) in [5.74, 6) is 0.200. The minimum atomic E-state index is -0.660. The summed E-state index contributed by atoms with van der Waals surface area (Å²) in [7, 11) is 0. The van der Waals surface area contributed by atoms with E-state index >= 15 is 0 Å². The van der Waals surface area contributed by atoms with Crippen LogP contribution in [0.15, 0.2) is 42.5 Å². The van der Waals surface area contributed by atoms with E-state index in [0.29, 0.717) is 5.02 Å². The molecule has 0 aromatic heterocycles. The third-order valence-corrected chi connectivity index (χ3v) is 4.28. The molecule has 2 aromatic rings. The van der Waals surface area contributed by atoms with Gasteiger partial charge in [0.2, 0.25) is 0 Å². The zero-order valence-corrected chi connectivity index (χ0v) is 14.5. The Bertz CT molecular complexity index is 659. The fourth-order valence-corrected chi connectivity index (χ4v) is 2.93. The van der Waals surface area contributed by atoms with Gasteiger partial charge in [-0.15, -0.1) is 0 Å². The highest BCUT2D eigenvalue weighted by atomic mass is 35.5. The molecule has 116 valence electrons.